The highest BCUT2D eigenvalue weighted by atomic mass is 32.1. The number of hydrogen-bond acceptors (Lipinski definition) is 5. The minimum atomic E-state index is -0.392. The Kier molecular flexibility index (Phi) is 4.86. The number of hydrogen-bond donors (Lipinski definition) is 0. The normalized spacial score (nSPS) is 16.0. The Morgan fingerprint density at radius 3 is 2.74 bits per heavy atom. The molecule has 0 radical (unpaired) electrons. The Hall–Kier alpha value is -2.79. The van der Waals surface area contributed by atoms with Gasteiger partial charge >= 0.3 is 5.97 Å². The maximum absolute atomic E-state index is 12.4. The van der Waals surface area contributed by atoms with Gasteiger partial charge in [0.25, 0.3) is 0 Å². The van der Waals surface area contributed by atoms with Crippen molar-refractivity contribution in [2.45, 2.75) is 19.8 Å². The van der Waals surface area contributed by atoms with E-state index in [4.69, 9.17) is 9.72 Å². The molecule has 0 aliphatic heterocycles. The van der Waals surface area contributed by atoms with Gasteiger partial charge in [-0.1, -0.05) is 42.5 Å². The summed E-state index contributed by atoms with van der Waals surface area (Å²) in [5, 5.41) is 2.94. The number of ether oxygens (including phenoxy) is 1. The van der Waals surface area contributed by atoms with Crippen molar-refractivity contribution >= 4 is 23.1 Å². The molecule has 1 aliphatic rings. The van der Waals surface area contributed by atoms with Gasteiger partial charge < -0.3 is 4.74 Å². The first kappa shape index (κ1) is 17.6. The molecule has 5 heteroatoms. The van der Waals surface area contributed by atoms with Gasteiger partial charge in [0.2, 0.25) is 0 Å². The first-order chi connectivity index (χ1) is 13.2. The van der Waals surface area contributed by atoms with Crippen molar-refractivity contribution in [3.63, 3.8) is 0 Å². The smallest absolute Gasteiger partial charge is 0.309 e. The summed E-state index contributed by atoms with van der Waals surface area (Å²) in [5.74, 6) is -0.677. The van der Waals surface area contributed by atoms with Crippen LogP contribution in [0.1, 0.15) is 29.3 Å². The van der Waals surface area contributed by atoms with Crippen molar-refractivity contribution in [2.75, 3.05) is 6.61 Å². The molecule has 0 fully saturated rings. The van der Waals surface area contributed by atoms with E-state index in [1.54, 1.807) is 18.3 Å². The lowest BCUT2D eigenvalue weighted by atomic mass is 9.82. The fourth-order valence-electron chi connectivity index (χ4n) is 3.41. The highest BCUT2D eigenvalue weighted by molar-refractivity contribution is 7.13. The number of nitrogens with zero attached hydrogens (tertiary/aromatic N) is 1. The van der Waals surface area contributed by atoms with Crippen molar-refractivity contribution in [3.05, 3.63) is 65.0 Å². The van der Waals surface area contributed by atoms with Crippen LogP contribution in [0.4, 0.5) is 0 Å². The second kappa shape index (κ2) is 7.45. The Bertz CT molecular complexity index is 994. The molecule has 0 spiro atoms. The Labute approximate surface area is 161 Å². The van der Waals surface area contributed by atoms with Gasteiger partial charge in [-0.15, -0.1) is 11.3 Å². The monoisotopic (exact) mass is 377 g/mol. The molecule has 136 valence electrons. The molecule has 1 aliphatic carbocycles. The highest BCUT2D eigenvalue weighted by Gasteiger charge is 2.31. The number of carbonyl (C=O) groups is 2. The third-order valence-corrected chi connectivity index (χ3v) is 5.64. The van der Waals surface area contributed by atoms with E-state index in [9.17, 15) is 9.59 Å². The van der Waals surface area contributed by atoms with Crippen molar-refractivity contribution in [1.29, 1.82) is 0 Å². The lowest BCUT2D eigenvalue weighted by Gasteiger charge is -2.22. The van der Waals surface area contributed by atoms with Gasteiger partial charge in [0, 0.05) is 28.5 Å². The van der Waals surface area contributed by atoms with E-state index in [0.717, 1.165) is 27.4 Å². The van der Waals surface area contributed by atoms with Crippen LogP contribution in [0.25, 0.3) is 21.8 Å². The zero-order valence-corrected chi connectivity index (χ0v) is 15.8. The molecular weight excluding hydrogens is 358 g/mol. The van der Waals surface area contributed by atoms with Crippen LogP contribution in [0.3, 0.4) is 0 Å². The van der Waals surface area contributed by atoms with Gasteiger partial charge in [-0.25, -0.2) is 4.98 Å². The first-order valence-corrected chi connectivity index (χ1v) is 9.87. The second-order valence-corrected chi connectivity index (χ2v) is 7.41. The van der Waals surface area contributed by atoms with Gasteiger partial charge in [0.15, 0.2) is 5.78 Å². The summed E-state index contributed by atoms with van der Waals surface area (Å²) in [4.78, 5) is 29.2. The van der Waals surface area contributed by atoms with Crippen molar-refractivity contribution in [3.8, 4) is 21.8 Å². The molecule has 1 aromatic heterocycles. The minimum Gasteiger partial charge on any atom is -0.466 e. The summed E-state index contributed by atoms with van der Waals surface area (Å²) in [6.07, 6.45) is 0.755. The maximum Gasteiger partial charge on any atom is 0.309 e. The zero-order chi connectivity index (χ0) is 18.8. The molecule has 0 amide bonds. The number of Topliss-reactive ketones (excluding diaryl/α,β-unsaturated/α-hetero) is 1. The van der Waals surface area contributed by atoms with E-state index in [1.165, 1.54) is 0 Å². The van der Waals surface area contributed by atoms with Crippen LogP contribution >= 0.6 is 11.3 Å². The third kappa shape index (κ3) is 3.55. The molecule has 4 rings (SSSR count). The van der Waals surface area contributed by atoms with Gasteiger partial charge in [0.1, 0.15) is 5.01 Å². The molecule has 4 nitrogen and oxygen atoms in total. The van der Waals surface area contributed by atoms with E-state index >= 15 is 0 Å². The van der Waals surface area contributed by atoms with Crippen LogP contribution in [-0.2, 0) is 16.0 Å². The van der Waals surface area contributed by atoms with E-state index in [0.29, 0.717) is 18.6 Å². The summed E-state index contributed by atoms with van der Waals surface area (Å²) >= 11 is 1.58. The predicted octanol–water partition coefficient (Wildman–Crippen LogP) is 4.79. The summed E-state index contributed by atoms with van der Waals surface area (Å²) in [6.45, 7) is 2.11. The molecule has 1 atom stereocenters. The van der Waals surface area contributed by atoms with Crippen LogP contribution in [0.2, 0.25) is 0 Å². The average Bonchev–Trinajstić information content (AvgIpc) is 3.18. The summed E-state index contributed by atoms with van der Waals surface area (Å²) < 4.78 is 5.11. The summed E-state index contributed by atoms with van der Waals surface area (Å²) in [7, 11) is 0. The zero-order valence-electron chi connectivity index (χ0n) is 15.0. The number of ketones is 1. The van der Waals surface area contributed by atoms with Crippen LogP contribution in [-0.4, -0.2) is 23.3 Å². The number of aromatic nitrogens is 1. The Morgan fingerprint density at radius 1 is 1.15 bits per heavy atom. The van der Waals surface area contributed by atoms with Gasteiger partial charge in [0.05, 0.1) is 18.2 Å². The number of carbonyl (C=O) groups excluding carboxylic acids is 2. The average molecular weight is 377 g/mol. The Balaban J connectivity index is 1.63. The molecule has 2 aromatic carbocycles. The molecule has 0 N–H and O–H groups in total. The molecule has 0 saturated heterocycles. The van der Waals surface area contributed by atoms with Crippen molar-refractivity contribution in [1.82, 2.24) is 4.98 Å². The molecule has 27 heavy (non-hydrogen) atoms. The summed E-state index contributed by atoms with van der Waals surface area (Å²) in [6, 6.07) is 15.8. The fourth-order valence-corrected chi connectivity index (χ4v) is 4.24. The fraction of sp³-hybridized carbons (Fsp3) is 0.227. The summed E-state index contributed by atoms with van der Waals surface area (Å²) in [5.41, 5.74) is 4.60. The van der Waals surface area contributed by atoms with Crippen molar-refractivity contribution in [2.24, 2.45) is 5.92 Å². The van der Waals surface area contributed by atoms with Crippen molar-refractivity contribution < 1.29 is 14.3 Å². The predicted molar refractivity (Wildman–Crippen MR) is 106 cm³/mol. The second-order valence-electron chi connectivity index (χ2n) is 6.56. The van der Waals surface area contributed by atoms with E-state index in [-0.39, 0.29) is 18.2 Å². The standard InChI is InChI=1S/C22H19NO3S/c1-2-26-22(25)17-11-16-10-15(8-9-18(16)20(24)12-17)21-23-19(13-27-21)14-6-4-3-5-7-14/h3-10,13,17H,2,11-12H2,1H3. The van der Waals surface area contributed by atoms with E-state index < -0.39 is 5.92 Å². The van der Waals surface area contributed by atoms with Crippen LogP contribution < -0.4 is 0 Å². The van der Waals surface area contributed by atoms with Gasteiger partial charge in [-0.05, 0) is 25.0 Å². The number of esters is 1. The lowest BCUT2D eigenvalue weighted by molar-refractivity contribution is -0.148. The van der Waals surface area contributed by atoms with Gasteiger partial charge in [-0.2, -0.15) is 0 Å². The number of rotatable bonds is 4. The van der Waals surface area contributed by atoms with E-state index in [1.807, 2.05) is 53.9 Å². The molecule has 1 heterocycles. The van der Waals surface area contributed by atoms with Crippen LogP contribution in [0.15, 0.2) is 53.9 Å². The highest BCUT2D eigenvalue weighted by Crippen LogP contribution is 2.33. The number of thiazole rings is 1. The lowest BCUT2D eigenvalue weighted by Crippen LogP contribution is -2.28. The SMILES string of the molecule is CCOC(=O)C1CC(=O)c2ccc(-c3nc(-c4ccccc4)cs3)cc2C1. The Morgan fingerprint density at radius 2 is 1.96 bits per heavy atom. The quantitative estimate of drug-likeness (QED) is 0.614. The minimum absolute atomic E-state index is 0.00460. The topological polar surface area (TPSA) is 56.3 Å². The largest absolute Gasteiger partial charge is 0.466 e. The molecular formula is C22H19NO3S. The molecule has 1 unspecified atom stereocenters. The van der Waals surface area contributed by atoms with Crippen LogP contribution in [0, 0.1) is 5.92 Å². The number of benzene rings is 2. The third-order valence-electron chi connectivity index (χ3n) is 4.74. The maximum atomic E-state index is 12.4. The molecule has 0 bridgehead atoms. The van der Waals surface area contributed by atoms with Gasteiger partial charge in [-0.3, -0.25) is 9.59 Å². The molecule has 3 aromatic rings. The van der Waals surface area contributed by atoms with E-state index in [2.05, 4.69) is 0 Å². The first-order valence-electron chi connectivity index (χ1n) is 8.99. The van der Waals surface area contributed by atoms with Crippen LogP contribution in [0.5, 0.6) is 0 Å². The number of fused-ring (bicyclic) bond motifs is 1. The molecule has 0 saturated carbocycles.